The highest BCUT2D eigenvalue weighted by molar-refractivity contribution is 5.69. The highest BCUT2D eigenvalue weighted by atomic mass is 16.7. The topological polar surface area (TPSA) is 135 Å². The summed E-state index contributed by atoms with van der Waals surface area (Å²) in [6, 6.07) is 0. The standard InChI is InChI=1S/C36H58O9/c1-3-5-6-7-8-9-10-11-12-13-14-15-16-17-18-19-20-21-22-23-24-25-26-42-28-30(44-32(38)4-2)29-43-36-35(41)34(40)33(39)31(27-37)45-36/h5-6,8-9,11-12,14-15,17-18,20-21,30-31,33-37,39-41H,3-4,7,10,13,16,19,22-29H2,1-2H3/b6-5-,9-8-,12-11-,15-14-,18-17-,21-20-. The predicted octanol–water partition coefficient (Wildman–Crippen LogP) is 5.40. The molecule has 6 atom stereocenters. The van der Waals surface area contributed by atoms with Crippen LogP contribution in [0.1, 0.15) is 84.5 Å². The van der Waals surface area contributed by atoms with Crippen molar-refractivity contribution in [3.8, 4) is 0 Å². The third-order valence-electron chi connectivity index (χ3n) is 6.94. The van der Waals surface area contributed by atoms with Crippen molar-refractivity contribution in [3.05, 3.63) is 72.9 Å². The first-order chi connectivity index (χ1) is 21.9. The number of hydrogen-bond donors (Lipinski definition) is 4. The van der Waals surface area contributed by atoms with Crippen molar-refractivity contribution in [2.24, 2.45) is 0 Å². The van der Waals surface area contributed by atoms with Gasteiger partial charge in [0.15, 0.2) is 6.29 Å². The number of ether oxygens (including phenoxy) is 4. The quantitative estimate of drug-likeness (QED) is 0.0592. The van der Waals surface area contributed by atoms with Crippen molar-refractivity contribution in [2.75, 3.05) is 26.4 Å². The van der Waals surface area contributed by atoms with Gasteiger partial charge < -0.3 is 39.4 Å². The minimum Gasteiger partial charge on any atom is -0.457 e. The van der Waals surface area contributed by atoms with E-state index in [1.54, 1.807) is 6.92 Å². The lowest BCUT2D eigenvalue weighted by molar-refractivity contribution is -0.305. The summed E-state index contributed by atoms with van der Waals surface area (Å²) in [5.41, 5.74) is 0. The van der Waals surface area contributed by atoms with Crippen LogP contribution in [0.5, 0.6) is 0 Å². The molecule has 1 saturated heterocycles. The molecule has 0 saturated carbocycles. The Morgan fingerprint density at radius 3 is 1.80 bits per heavy atom. The molecular formula is C36H58O9. The molecule has 0 aromatic rings. The second-order valence-corrected chi connectivity index (χ2v) is 10.8. The summed E-state index contributed by atoms with van der Waals surface area (Å²) >= 11 is 0. The van der Waals surface area contributed by atoms with E-state index >= 15 is 0 Å². The van der Waals surface area contributed by atoms with Gasteiger partial charge in [0, 0.05) is 13.0 Å². The number of allylic oxidation sites excluding steroid dienone is 12. The van der Waals surface area contributed by atoms with Crippen LogP contribution in [-0.4, -0.2) is 89.6 Å². The summed E-state index contributed by atoms with van der Waals surface area (Å²) in [6.07, 6.45) is 28.8. The Labute approximate surface area is 270 Å². The van der Waals surface area contributed by atoms with Gasteiger partial charge in [-0.2, -0.15) is 0 Å². The van der Waals surface area contributed by atoms with Gasteiger partial charge in [0.2, 0.25) is 0 Å². The van der Waals surface area contributed by atoms with Gasteiger partial charge in [-0.3, -0.25) is 4.79 Å². The zero-order valence-electron chi connectivity index (χ0n) is 27.3. The minimum absolute atomic E-state index is 0.107. The largest absolute Gasteiger partial charge is 0.457 e. The van der Waals surface area contributed by atoms with Crippen molar-refractivity contribution < 1.29 is 44.2 Å². The lowest BCUT2D eigenvalue weighted by Crippen LogP contribution is -2.59. The molecule has 9 heteroatoms. The Morgan fingerprint density at radius 2 is 1.27 bits per heavy atom. The molecule has 0 aromatic heterocycles. The van der Waals surface area contributed by atoms with E-state index in [4.69, 9.17) is 18.9 Å². The van der Waals surface area contributed by atoms with Crippen molar-refractivity contribution in [3.63, 3.8) is 0 Å². The molecule has 9 nitrogen and oxygen atoms in total. The summed E-state index contributed by atoms with van der Waals surface area (Å²) in [5.74, 6) is -0.419. The molecule has 0 aliphatic carbocycles. The fraction of sp³-hybridized carbons (Fsp3) is 0.639. The van der Waals surface area contributed by atoms with Gasteiger partial charge in [0.05, 0.1) is 19.8 Å². The molecule has 45 heavy (non-hydrogen) atoms. The first-order valence-corrected chi connectivity index (χ1v) is 16.5. The number of carbonyl (C=O) groups excluding carboxylic acids is 1. The molecule has 0 aromatic carbocycles. The lowest BCUT2D eigenvalue weighted by Gasteiger charge is -2.39. The van der Waals surface area contributed by atoms with E-state index in [-0.39, 0.29) is 19.6 Å². The number of esters is 1. The molecule has 1 aliphatic rings. The van der Waals surface area contributed by atoms with Crippen molar-refractivity contribution >= 4 is 5.97 Å². The normalized spacial score (nSPS) is 23.6. The van der Waals surface area contributed by atoms with Crippen LogP contribution in [0.15, 0.2) is 72.9 Å². The van der Waals surface area contributed by atoms with Crippen LogP contribution in [0.3, 0.4) is 0 Å². The molecule has 6 unspecified atom stereocenters. The smallest absolute Gasteiger partial charge is 0.305 e. The van der Waals surface area contributed by atoms with Gasteiger partial charge in [0.25, 0.3) is 0 Å². The first-order valence-electron chi connectivity index (χ1n) is 16.5. The molecule has 0 bridgehead atoms. The summed E-state index contributed by atoms with van der Waals surface area (Å²) < 4.78 is 21.9. The van der Waals surface area contributed by atoms with Gasteiger partial charge in [0.1, 0.15) is 30.5 Å². The molecule has 1 fully saturated rings. The number of unbranched alkanes of at least 4 members (excludes halogenated alkanes) is 3. The predicted molar refractivity (Wildman–Crippen MR) is 177 cm³/mol. The summed E-state index contributed by atoms with van der Waals surface area (Å²) in [5, 5.41) is 39.3. The van der Waals surface area contributed by atoms with Crippen LogP contribution in [0, 0.1) is 0 Å². The Morgan fingerprint density at radius 1 is 0.711 bits per heavy atom. The van der Waals surface area contributed by atoms with E-state index in [2.05, 4.69) is 79.8 Å². The van der Waals surface area contributed by atoms with E-state index in [0.29, 0.717) is 6.61 Å². The van der Waals surface area contributed by atoms with Gasteiger partial charge in [-0.1, -0.05) is 93.2 Å². The third-order valence-corrected chi connectivity index (χ3v) is 6.94. The number of hydrogen-bond acceptors (Lipinski definition) is 9. The van der Waals surface area contributed by atoms with Gasteiger partial charge >= 0.3 is 5.97 Å². The van der Waals surface area contributed by atoms with E-state index in [1.165, 1.54) is 0 Å². The molecule has 0 amide bonds. The van der Waals surface area contributed by atoms with Crippen LogP contribution < -0.4 is 0 Å². The number of carbonyl (C=O) groups is 1. The lowest BCUT2D eigenvalue weighted by atomic mass is 9.99. The summed E-state index contributed by atoms with van der Waals surface area (Å²) in [7, 11) is 0. The highest BCUT2D eigenvalue weighted by Crippen LogP contribution is 2.22. The first kappa shape index (κ1) is 40.7. The zero-order valence-corrected chi connectivity index (χ0v) is 27.3. The molecule has 256 valence electrons. The summed E-state index contributed by atoms with van der Waals surface area (Å²) in [4.78, 5) is 11.8. The molecule has 0 spiro atoms. The third kappa shape index (κ3) is 20.4. The number of aliphatic hydroxyl groups excluding tert-OH is 4. The van der Waals surface area contributed by atoms with Gasteiger partial charge in [-0.15, -0.1) is 0 Å². The number of rotatable bonds is 25. The van der Waals surface area contributed by atoms with Crippen LogP contribution in [-0.2, 0) is 23.7 Å². The maximum Gasteiger partial charge on any atom is 0.305 e. The van der Waals surface area contributed by atoms with E-state index in [9.17, 15) is 25.2 Å². The van der Waals surface area contributed by atoms with Crippen LogP contribution in [0.4, 0.5) is 0 Å². The maximum absolute atomic E-state index is 11.8. The second-order valence-electron chi connectivity index (χ2n) is 10.8. The molecule has 1 rings (SSSR count). The average Bonchev–Trinajstić information content (AvgIpc) is 3.04. The van der Waals surface area contributed by atoms with Crippen LogP contribution in [0.2, 0.25) is 0 Å². The van der Waals surface area contributed by atoms with E-state index < -0.39 is 49.4 Å². The Bertz CT molecular complexity index is 906. The fourth-order valence-electron chi connectivity index (χ4n) is 4.29. The Kier molecular flexibility index (Phi) is 25.2. The van der Waals surface area contributed by atoms with Crippen LogP contribution in [0.25, 0.3) is 0 Å². The molecule has 0 radical (unpaired) electrons. The van der Waals surface area contributed by atoms with Gasteiger partial charge in [-0.05, 0) is 57.8 Å². The van der Waals surface area contributed by atoms with Gasteiger partial charge in [-0.25, -0.2) is 0 Å². The molecule has 1 heterocycles. The van der Waals surface area contributed by atoms with Crippen LogP contribution >= 0.6 is 0 Å². The highest BCUT2D eigenvalue weighted by Gasteiger charge is 2.44. The van der Waals surface area contributed by atoms with Crippen molar-refractivity contribution in [2.45, 2.75) is 121 Å². The Balaban J connectivity index is 2.13. The average molecular weight is 635 g/mol. The zero-order chi connectivity index (χ0) is 33.0. The molecule has 4 N–H and O–H groups in total. The van der Waals surface area contributed by atoms with E-state index in [0.717, 1.165) is 64.2 Å². The minimum atomic E-state index is -1.54. The Hall–Kier alpha value is -2.37. The van der Waals surface area contributed by atoms with Crippen molar-refractivity contribution in [1.29, 1.82) is 0 Å². The monoisotopic (exact) mass is 634 g/mol. The second kappa shape index (κ2) is 27.9. The number of aliphatic hydroxyl groups is 4. The molecule has 1 aliphatic heterocycles. The maximum atomic E-state index is 11.8. The van der Waals surface area contributed by atoms with Crippen molar-refractivity contribution in [1.82, 2.24) is 0 Å². The summed E-state index contributed by atoms with van der Waals surface area (Å²) in [6.45, 7) is 3.74. The SMILES string of the molecule is CC/C=C\C/C=C\C/C=C\C/C=C\C/C=C\C/C=C\CCCCCOCC(COC1OC(CO)C(O)C(O)C1O)OC(=O)CC. The van der Waals surface area contributed by atoms with E-state index in [1.807, 2.05) is 0 Å². The fourth-order valence-corrected chi connectivity index (χ4v) is 4.29. The molecular weight excluding hydrogens is 576 g/mol.